The highest BCUT2D eigenvalue weighted by Crippen LogP contribution is 2.32. The summed E-state index contributed by atoms with van der Waals surface area (Å²) < 4.78 is 39.8. The first-order valence-corrected chi connectivity index (χ1v) is 11.2. The van der Waals surface area contributed by atoms with Crippen LogP contribution in [0.25, 0.3) is 0 Å². The van der Waals surface area contributed by atoms with Crippen LogP contribution in [0.15, 0.2) is 36.4 Å². The van der Waals surface area contributed by atoms with Crippen LogP contribution in [0.4, 0.5) is 24.8 Å². The highest BCUT2D eigenvalue weighted by atomic mass is 19.4. The number of hydrogen-bond acceptors (Lipinski definition) is 5. The molecule has 2 fully saturated rings. The van der Waals surface area contributed by atoms with Crippen molar-refractivity contribution in [3.63, 3.8) is 0 Å². The minimum absolute atomic E-state index is 0.301. The minimum atomic E-state index is -4.56. The van der Waals surface area contributed by atoms with Crippen LogP contribution in [0.1, 0.15) is 48.5 Å². The Morgan fingerprint density at radius 2 is 1.66 bits per heavy atom. The van der Waals surface area contributed by atoms with Crippen LogP contribution in [0.2, 0.25) is 0 Å². The summed E-state index contributed by atoms with van der Waals surface area (Å²) in [6.45, 7) is 4.84. The predicted molar refractivity (Wildman–Crippen MR) is 117 cm³/mol. The van der Waals surface area contributed by atoms with Gasteiger partial charge < -0.3 is 14.7 Å². The molecule has 3 heterocycles. The number of aromatic nitrogens is 2. The third-order valence-corrected chi connectivity index (χ3v) is 6.38. The second kappa shape index (κ2) is 9.34. The van der Waals surface area contributed by atoms with Crippen molar-refractivity contribution in [3.05, 3.63) is 47.5 Å². The average Bonchev–Trinajstić information content (AvgIpc) is 2.83. The molecule has 0 spiro atoms. The van der Waals surface area contributed by atoms with Crippen LogP contribution in [-0.2, 0) is 6.18 Å². The van der Waals surface area contributed by atoms with Gasteiger partial charge in [0.2, 0.25) is 0 Å². The molecular weight excluding hydrogens is 419 g/mol. The number of anilines is 2. The summed E-state index contributed by atoms with van der Waals surface area (Å²) in [6.07, 6.45) is 0.102. The van der Waals surface area contributed by atoms with Gasteiger partial charge in [-0.25, -0.2) is 0 Å². The Bertz CT molecular complexity index is 926. The van der Waals surface area contributed by atoms with Gasteiger partial charge in [-0.2, -0.15) is 13.2 Å². The first-order valence-electron chi connectivity index (χ1n) is 11.2. The molecule has 0 aliphatic carbocycles. The molecule has 1 aromatic heterocycles. The maximum absolute atomic E-state index is 13.3. The van der Waals surface area contributed by atoms with E-state index in [-0.39, 0.29) is 5.56 Å². The molecule has 2 aliphatic rings. The van der Waals surface area contributed by atoms with E-state index in [9.17, 15) is 18.0 Å². The molecule has 6 nitrogen and oxygen atoms in total. The highest BCUT2D eigenvalue weighted by Gasteiger charge is 2.36. The Hall–Kier alpha value is -2.84. The third-order valence-electron chi connectivity index (χ3n) is 6.38. The lowest BCUT2D eigenvalue weighted by Gasteiger charge is -2.37. The Morgan fingerprint density at radius 1 is 0.969 bits per heavy atom. The number of carbonyl (C=O) groups excluding carboxylic acids is 1. The number of hydrogen-bond donors (Lipinski definition) is 0. The second-order valence-corrected chi connectivity index (χ2v) is 8.32. The zero-order chi connectivity index (χ0) is 22.7. The van der Waals surface area contributed by atoms with Gasteiger partial charge in [-0.05, 0) is 49.9 Å². The van der Waals surface area contributed by atoms with E-state index in [0.29, 0.717) is 32.2 Å². The van der Waals surface area contributed by atoms with Crippen LogP contribution < -0.4 is 9.80 Å². The van der Waals surface area contributed by atoms with Crippen molar-refractivity contribution < 1.29 is 18.0 Å². The summed E-state index contributed by atoms with van der Waals surface area (Å²) in [6, 6.07) is 9.39. The van der Waals surface area contributed by atoms with Gasteiger partial charge in [-0.3, -0.25) is 4.79 Å². The van der Waals surface area contributed by atoms with Crippen LogP contribution in [-0.4, -0.2) is 59.8 Å². The van der Waals surface area contributed by atoms with Gasteiger partial charge in [0.05, 0.1) is 11.1 Å². The summed E-state index contributed by atoms with van der Waals surface area (Å²) in [5, 5.41) is 8.85. The number of carbonyl (C=O) groups is 1. The Labute approximate surface area is 186 Å². The van der Waals surface area contributed by atoms with Crippen LogP contribution in [0.5, 0.6) is 0 Å². The summed E-state index contributed by atoms with van der Waals surface area (Å²) in [7, 11) is 0. The smallest absolute Gasteiger partial charge is 0.352 e. The molecule has 2 saturated heterocycles. The molecule has 4 rings (SSSR count). The molecular formula is C23H28F3N5O. The normalized spacial score (nSPS) is 19.9. The van der Waals surface area contributed by atoms with E-state index < -0.39 is 17.6 Å². The standard InChI is InChI=1S/C23H28F3N5O/c1-2-17-7-5-6-12-31(17)21-11-10-20(27-28-21)29-13-15-30(16-14-29)22(32)18-8-3-4-9-19(18)23(24,25)26/h3-4,8-11,17H,2,5-7,12-16H2,1H3. The van der Waals surface area contributed by atoms with Crippen molar-refractivity contribution in [2.45, 2.75) is 44.8 Å². The number of rotatable bonds is 4. The monoisotopic (exact) mass is 447 g/mol. The Kier molecular flexibility index (Phi) is 6.53. The van der Waals surface area contributed by atoms with Gasteiger partial charge >= 0.3 is 6.18 Å². The predicted octanol–water partition coefficient (Wildman–Crippen LogP) is 4.23. The van der Waals surface area contributed by atoms with E-state index >= 15 is 0 Å². The molecule has 1 unspecified atom stereocenters. The van der Waals surface area contributed by atoms with Crippen molar-refractivity contribution >= 4 is 17.5 Å². The molecule has 1 aromatic carbocycles. The van der Waals surface area contributed by atoms with Gasteiger partial charge in [-0.1, -0.05) is 19.1 Å². The summed E-state index contributed by atoms with van der Waals surface area (Å²) >= 11 is 0. The van der Waals surface area contributed by atoms with E-state index in [4.69, 9.17) is 0 Å². The van der Waals surface area contributed by atoms with E-state index in [0.717, 1.165) is 37.1 Å². The van der Waals surface area contributed by atoms with Crippen molar-refractivity contribution in [1.82, 2.24) is 15.1 Å². The number of nitrogens with zero attached hydrogens (tertiary/aromatic N) is 5. The molecule has 1 atom stereocenters. The topological polar surface area (TPSA) is 52.6 Å². The molecule has 0 saturated carbocycles. The highest BCUT2D eigenvalue weighted by molar-refractivity contribution is 5.96. The number of amides is 1. The Morgan fingerprint density at radius 3 is 2.31 bits per heavy atom. The van der Waals surface area contributed by atoms with Crippen molar-refractivity contribution in [2.24, 2.45) is 0 Å². The molecule has 1 amide bonds. The van der Waals surface area contributed by atoms with Crippen LogP contribution >= 0.6 is 0 Å². The number of piperazine rings is 1. The van der Waals surface area contributed by atoms with E-state index in [1.54, 1.807) is 0 Å². The number of alkyl halides is 3. The summed E-state index contributed by atoms with van der Waals surface area (Å²) in [5.74, 6) is 1.02. The van der Waals surface area contributed by atoms with E-state index in [2.05, 4.69) is 22.0 Å². The number of piperidine rings is 1. The van der Waals surface area contributed by atoms with Crippen LogP contribution in [0, 0.1) is 0 Å². The quantitative estimate of drug-likeness (QED) is 0.702. The average molecular weight is 448 g/mol. The third kappa shape index (κ3) is 4.66. The van der Waals surface area contributed by atoms with Gasteiger partial charge in [-0.15, -0.1) is 10.2 Å². The van der Waals surface area contributed by atoms with Gasteiger partial charge in [0, 0.05) is 38.8 Å². The summed E-state index contributed by atoms with van der Waals surface area (Å²) in [5.41, 5.74) is -1.19. The molecule has 32 heavy (non-hydrogen) atoms. The number of benzene rings is 1. The Balaban J connectivity index is 1.39. The zero-order valence-electron chi connectivity index (χ0n) is 18.2. The lowest BCUT2D eigenvalue weighted by Crippen LogP contribution is -2.49. The van der Waals surface area contributed by atoms with Crippen LogP contribution in [0.3, 0.4) is 0 Å². The van der Waals surface area contributed by atoms with Gasteiger partial charge in [0.15, 0.2) is 11.6 Å². The zero-order valence-corrected chi connectivity index (χ0v) is 18.2. The molecule has 172 valence electrons. The minimum Gasteiger partial charge on any atom is -0.352 e. The molecule has 0 bridgehead atoms. The lowest BCUT2D eigenvalue weighted by atomic mass is 10.0. The van der Waals surface area contributed by atoms with Crippen molar-refractivity contribution in [1.29, 1.82) is 0 Å². The van der Waals surface area contributed by atoms with Crippen molar-refractivity contribution in [2.75, 3.05) is 42.5 Å². The van der Waals surface area contributed by atoms with E-state index in [1.165, 1.54) is 35.9 Å². The first kappa shape index (κ1) is 22.4. The van der Waals surface area contributed by atoms with Crippen molar-refractivity contribution in [3.8, 4) is 0 Å². The summed E-state index contributed by atoms with van der Waals surface area (Å²) in [4.78, 5) is 18.6. The van der Waals surface area contributed by atoms with Gasteiger partial charge in [0.25, 0.3) is 5.91 Å². The molecule has 2 aliphatic heterocycles. The SMILES string of the molecule is CCC1CCCCN1c1ccc(N2CCN(C(=O)c3ccccc3C(F)(F)F)CC2)nn1. The fourth-order valence-corrected chi connectivity index (χ4v) is 4.59. The fourth-order valence-electron chi connectivity index (χ4n) is 4.59. The largest absolute Gasteiger partial charge is 0.417 e. The second-order valence-electron chi connectivity index (χ2n) is 8.32. The maximum Gasteiger partial charge on any atom is 0.417 e. The fraction of sp³-hybridized carbons (Fsp3) is 0.522. The molecule has 0 radical (unpaired) electrons. The first-order chi connectivity index (χ1) is 15.4. The molecule has 2 aromatic rings. The lowest BCUT2D eigenvalue weighted by molar-refractivity contribution is -0.138. The number of halogens is 3. The van der Waals surface area contributed by atoms with Gasteiger partial charge in [0.1, 0.15) is 0 Å². The molecule has 9 heteroatoms. The maximum atomic E-state index is 13.3. The molecule has 0 N–H and O–H groups in total. The van der Waals surface area contributed by atoms with E-state index in [1.807, 2.05) is 17.0 Å².